The van der Waals surface area contributed by atoms with Crippen LogP contribution in [0.25, 0.3) is 0 Å². The number of hydrogen-bond acceptors (Lipinski definition) is 3. The molecule has 0 radical (unpaired) electrons. The summed E-state index contributed by atoms with van der Waals surface area (Å²) in [6.07, 6.45) is 9.82. The molecule has 0 aromatic carbocycles. The molecule has 1 saturated heterocycles. The molecule has 2 fully saturated rings. The fourth-order valence-electron chi connectivity index (χ4n) is 3.26. The normalized spacial score (nSPS) is 27.5. The van der Waals surface area contributed by atoms with Gasteiger partial charge in [-0.3, -0.25) is 4.90 Å². The molecule has 0 aromatic heterocycles. The van der Waals surface area contributed by atoms with Gasteiger partial charge in [0.05, 0.1) is 6.07 Å². The number of nitrogens with zero attached hydrogens (tertiary/aromatic N) is 2. The minimum Gasteiger partial charge on any atom is -0.315 e. The van der Waals surface area contributed by atoms with Gasteiger partial charge in [0.1, 0.15) is 5.54 Å². The Morgan fingerprint density at radius 3 is 2.29 bits per heavy atom. The van der Waals surface area contributed by atoms with Crippen molar-refractivity contribution in [1.82, 2.24) is 10.2 Å². The van der Waals surface area contributed by atoms with Crippen LogP contribution in [0, 0.1) is 11.3 Å². The predicted molar refractivity (Wildman–Crippen MR) is 69.7 cm³/mol. The molecular weight excluding hydrogens is 210 g/mol. The van der Waals surface area contributed by atoms with E-state index in [0.717, 1.165) is 39.0 Å². The maximum atomic E-state index is 9.69. The van der Waals surface area contributed by atoms with Crippen LogP contribution < -0.4 is 5.32 Å². The van der Waals surface area contributed by atoms with Crippen molar-refractivity contribution in [1.29, 1.82) is 5.26 Å². The molecule has 96 valence electrons. The van der Waals surface area contributed by atoms with Crippen LogP contribution in [0.3, 0.4) is 0 Å². The number of nitriles is 1. The van der Waals surface area contributed by atoms with E-state index in [1.54, 1.807) is 0 Å². The van der Waals surface area contributed by atoms with Gasteiger partial charge in [0.25, 0.3) is 0 Å². The highest BCUT2D eigenvalue weighted by atomic mass is 15.2. The first-order chi connectivity index (χ1) is 8.37. The summed E-state index contributed by atoms with van der Waals surface area (Å²) in [4.78, 5) is 2.47. The van der Waals surface area contributed by atoms with Crippen molar-refractivity contribution in [2.45, 2.75) is 56.9 Å². The van der Waals surface area contributed by atoms with Crippen molar-refractivity contribution in [3.63, 3.8) is 0 Å². The molecule has 3 heteroatoms. The fraction of sp³-hybridized carbons (Fsp3) is 0.929. The molecule has 1 N–H and O–H groups in total. The lowest BCUT2D eigenvalue weighted by Gasteiger charge is -2.39. The van der Waals surface area contributed by atoms with Gasteiger partial charge in [-0.25, -0.2) is 0 Å². The summed E-state index contributed by atoms with van der Waals surface area (Å²) in [5.41, 5.74) is -0.146. The summed E-state index contributed by atoms with van der Waals surface area (Å²) in [6.45, 7) is 4.30. The Morgan fingerprint density at radius 2 is 1.59 bits per heavy atom. The van der Waals surface area contributed by atoms with Crippen molar-refractivity contribution in [2.75, 3.05) is 26.2 Å². The monoisotopic (exact) mass is 235 g/mol. The van der Waals surface area contributed by atoms with Crippen LogP contribution in [0.15, 0.2) is 0 Å². The van der Waals surface area contributed by atoms with Crippen molar-refractivity contribution >= 4 is 0 Å². The van der Waals surface area contributed by atoms with Gasteiger partial charge in [-0.15, -0.1) is 0 Å². The molecule has 0 atom stereocenters. The average Bonchev–Trinajstić information content (AvgIpc) is 2.59. The zero-order valence-corrected chi connectivity index (χ0v) is 10.9. The molecule has 0 bridgehead atoms. The van der Waals surface area contributed by atoms with Crippen molar-refractivity contribution in [3.8, 4) is 6.07 Å². The van der Waals surface area contributed by atoms with Crippen molar-refractivity contribution in [2.24, 2.45) is 0 Å². The van der Waals surface area contributed by atoms with Crippen LogP contribution in [0.2, 0.25) is 0 Å². The van der Waals surface area contributed by atoms with Crippen LogP contribution in [-0.4, -0.2) is 36.6 Å². The van der Waals surface area contributed by atoms with E-state index in [9.17, 15) is 5.26 Å². The molecule has 0 spiro atoms. The van der Waals surface area contributed by atoms with Crippen molar-refractivity contribution in [3.05, 3.63) is 0 Å². The zero-order chi connectivity index (χ0) is 12.0. The van der Waals surface area contributed by atoms with Gasteiger partial charge in [0.2, 0.25) is 0 Å². The maximum absolute atomic E-state index is 9.69. The highest BCUT2D eigenvalue weighted by Gasteiger charge is 2.36. The van der Waals surface area contributed by atoms with E-state index in [2.05, 4.69) is 16.3 Å². The Hall–Kier alpha value is -0.590. The summed E-state index contributed by atoms with van der Waals surface area (Å²) in [5, 5.41) is 13.1. The zero-order valence-electron chi connectivity index (χ0n) is 10.9. The van der Waals surface area contributed by atoms with Gasteiger partial charge in [-0.2, -0.15) is 5.26 Å². The van der Waals surface area contributed by atoms with Crippen LogP contribution in [0.1, 0.15) is 51.4 Å². The van der Waals surface area contributed by atoms with Gasteiger partial charge < -0.3 is 5.32 Å². The average molecular weight is 235 g/mol. The minimum absolute atomic E-state index is 0.146. The lowest BCUT2D eigenvalue weighted by atomic mass is 9.83. The Kier molecular flexibility index (Phi) is 4.82. The third-order valence-electron chi connectivity index (χ3n) is 4.33. The standard InChI is InChI=1S/C14H25N3/c15-13-14(7-4-2-1-3-5-8-14)17-11-6-9-16-10-12-17/h16H,1-12H2. The van der Waals surface area contributed by atoms with Gasteiger partial charge in [0.15, 0.2) is 0 Å². The third-order valence-corrected chi connectivity index (χ3v) is 4.33. The second-order valence-electron chi connectivity index (χ2n) is 5.50. The summed E-state index contributed by atoms with van der Waals surface area (Å²) >= 11 is 0. The van der Waals surface area contributed by atoms with Crippen LogP contribution in [-0.2, 0) is 0 Å². The van der Waals surface area contributed by atoms with E-state index < -0.39 is 0 Å². The highest BCUT2D eigenvalue weighted by Crippen LogP contribution is 2.31. The van der Waals surface area contributed by atoms with E-state index in [-0.39, 0.29) is 5.54 Å². The summed E-state index contributed by atoms with van der Waals surface area (Å²) in [6, 6.07) is 2.68. The first kappa shape index (κ1) is 12.9. The van der Waals surface area contributed by atoms with Crippen LogP contribution >= 0.6 is 0 Å². The first-order valence-electron chi connectivity index (χ1n) is 7.24. The van der Waals surface area contributed by atoms with E-state index >= 15 is 0 Å². The molecule has 0 aromatic rings. The topological polar surface area (TPSA) is 39.1 Å². The van der Waals surface area contributed by atoms with E-state index in [4.69, 9.17) is 0 Å². The number of hydrogen-bond donors (Lipinski definition) is 1. The summed E-state index contributed by atoms with van der Waals surface area (Å²) in [5.74, 6) is 0. The molecule has 1 saturated carbocycles. The summed E-state index contributed by atoms with van der Waals surface area (Å²) in [7, 11) is 0. The predicted octanol–water partition coefficient (Wildman–Crippen LogP) is 2.29. The second-order valence-corrected chi connectivity index (χ2v) is 5.50. The maximum Gasteiger partial charge on any atom is 0.109 e. The quantitative estimate of drug-likeness (QED) is 0.758. The van der Waals surface area contributed by atoms with E-state index in [1.165, 1.54) is 38.5 Å². The SMILES string of the molecule is N#CC1(N2CCCNCC2)CCCCCCC1. The molecule has 2 aliphatic rings. The molecule has 3 nitrogen and oxygen atoms in total. The smallest absolute Gasteiger partial charge is 0.109 e. The third kappa shape index (κ3) is 3.20. The lowest BCUT2D eigenvalue weighted by Crippen LogP contribution is -2.49. The van der Waals surface area contributed by atoms with Gasteiger partial charge in [-0.05, 0) is 25.8 Å². The largest absolute Gasteiger partial charge is 0.315 e. The molecule has 0 unspecified atom stereocenters. The molecule has 2 rings (SSSR count). The van der Waals surface area contributed by atoms with E-state index in [1.807, 2.05) is 0 Å². The minimum atomic E-state index is -0.146. The van der Waals surface area contributed by atoms with Crippen molar-refractivity contribution < 1.29 is 0 Å². The van der Waals surface area contributed by atoms with Crippen LogP contribution in [0.5, 0.6) is 0 Å². The van der Waals surface area contributed by atoms with Crippen LogP contribution in [0.4, 0.5) is 0 Å². The van der Waals surface area contributed by atoms with Gasteiger partial charge in [-0.1, -0.05) is 32.1 Å². The molecule has 1 heterocycles. The Balaban J connectivity index is 2.06. The first-order valence-corrected chi connectivity index (χ1v) is 7.24. The molecule has 17 heavy (non-hydrogen) atoms. The molecule has 0 amide bonds. The molecule has 1 aliphatic heterocycles. The lowest BCUT2D eigenvalue weighted by molar-refractivity contribution is 0.115. The van der Waals surface area contributed by atoms with Gasteiger partial charge >= 0.3 is 0 Å². The summed E-state index contributed by atoms with van der Waals surface area (Å²) < 4.78 is 0. The number of rotatable bonds is 1. The van der Waals surface area contributed by atoms with Gasteiger partial charge in [0, 0.05) is 19.6 Å². The van der Waals surface area contributed by atoms with E-state index in [0.29, 0.717) is 0 Å². The fourth-order valence-corrected chi connectivity index (χ4v) is 3.26. The Labute approximate surface area is 105 Å². The number of nitrogens with one attached hydrogen (secondary N) is 1. The highest BCUT2D eigenvalue weighted by molar-refractivity contribution is 5.09. The Bertz CT molecular complexity index is 253. The molecular formula is C14H25N3. The molecule has 1 aliphatic carbocycles. The Morgan fingerprint density at radius 1 is 0.882 bits per heavy atom. The second kappa shape index (κ2) is 6.37.